The molecule has 0 N–H and O–H groups in total. The monoisotopic (exact) mass is 383 g/mol. The van der Waals surface area contributed by atoms with E-state index in [1.165, 1.54) is 24.3 Å². The van der Waals surface area contributed by atoms with E-state index in [0.29, 0.717) is 16.8 Å². The van der Waals surface area contributed by atoms with Gasteiger partial charge in [-0.15, -0.1) is 0 Å². The maximum Gasteiger partial charge on any atom is 0.421 e. The van der Waals surface area contributed by atoms with Gasteiger partial charge >= 0.3 is 6.09 Å². The second kappa shape index (κ2) is 7.19. The maximum absolute atomic E-state index is 13.6. The molecule has 0 saturated carbocycles. The first-order valence-electron chi connectivity index (χ1n) is 9.07. The van der Waals surface area contributed by atoms with E-state index in [-0.39, 0.29) is 12.8 Å². The van der Waals surface area contributed by atoms with Crippen LogP contribution in [0.3, 0.4) is 0 Å². The Balaban J connectivity index is 2.20. The van der Waals surface area contributed by atoms with Crippen LogP contribution in [0.25, 0.3) is 0 Å². The molecule has 146 valence electrons. The molecule has 2 amide bonds. The van der Waals surface area contributed by atoms with Crippen molar-refractivity contribution < 1.29 is 23.5 Å². The Hall–Kier alpha value is -3.02. The third kappa shape index (κ3) is 3.30. The number of carbonyl (C=O) groups is 3. The Morgan fingerprint density at radius 1 is 1.14 bits per heavy atom. The van der Waals surface area contributed by atoms with Gasteiger partial charge in [0.2, 0.25) is 0 Å². The van der Waals surface area contributed by atoms with Crippen molar-refractivity contribution in [3.8, 4) is 0 Å². The third-order valence-corrected chi connectivity index (χ3v) is 4.72. The number of fused-ring (bicyclic) bond motifs is 1. The minimum Gasteiger partial charge on any atom is -0.443 e. The Bertz CT molecular complexity index is 917. The number of benzene rings is 2. The van der Waals surface area contributed by atoms with E-state index in [0.717, 1.165) is 11.2 Å². The summed E-state index contributed by atoms with van der Waals surface area (Å²) >= 11 is 0. The zero-order valence-corrected chi connectivity index (χ0v) is 16.1. The molecule has 6 heteroatoms. The lowest BCUT2D eigenvalue weighted by molar-refractivity contribution is -0.122. The molecule has 0 radical (unpaired) electrons. The second-order valence-corrected chi connectivity index (χ2v) is 7.76. The third-order valence-electron chi connectivity index (χ3n) is 4.72. The Kier molecular flexibility index (Phi) is 5.06. The lowest BCUT2D eigenvalue weighted by atomic mass is 9.72. The largest absolute Gasteiger partial charge is 0.443 e. The van der Waals surface area contributed by atoms with Crippen molar-refractivity contribution in [1.29, 1.82) is 0 Å². The van der Waals surface area contributed by atoms with Crippen molar-refractivity contribution in [2.24, 2.45) is 0 Å². The van der Waals surface area contributed by atoms with Gasteiger partial charge in [0.15, 0.2) is 0 Å². The molecule has 0 saturated heterocycles. The number of hydrogen-bond donors (Lipinski definition) is 0. The highest BCUT2D eigenvalue weighted by atomic mass is 19.1. The highest BCUT2D eigenvalue weighted by Gasteiger charge is 2.54. The first-order valence-corrected chi connectivity index (χ1v) is 9.07. The van der Waals surface area contributed by atoms with Crippen molar-refractivity contribution >= 4 is 24.0 Å². The first kappa shape index (κ1) is 19.7. The molecular weight excluding hydrogens is 361 g/mol. The van der Waals surface area contributed by atoms with E-state index in [1.54, 1.807) is 45.0 Å². The molecule has 2 aromatic carbocycles. The van der Waals surface area contributed by atoms with E-state index in [2.05, 4.69) is 0 Å². The summed E-state index contributed by atoms with van der Waals surface area (Å²) in [6, 6.07) is 12.5. The van der Waals surface area contributed by atoms with Crippen molar-refractivity contribution in [3.63, 3.8) is 0 Å². The van der Waals surface area contributed by atoms with Gasteiger partial charge in [-0.3, -0.25) is 4.79 Å². The topological polar surface area (TPSA) is 63.7 Å². The van der Waals surface area contributed by atoms with Gasteiger partial charge in [0.25, 0.3) is 5.91 Å². The van der Waals surface area contributed by atoms with Crippen molar-refractivity contribution in [3.05, 3.63) is 65.5 Å². The number of carbonyl (C=O) groups excluding carboxylic acids is 3. The molecule has 0 unspecified atom stereocenters. The first-order chi connectivity index (χ1) is 13.2. The summed E-state index contributed by atoms with van der Waals surface area (Å²) in [5.41, 5.74) is -0.506. The summed E-state index contributed by atoms with van der Waals surface area (Å²) in [7, 11) is 0. The van der Waals surface area contributed by atoms with E-state index in [9.17, 15) is 18.8 Å². The molecule has 5 nitrogen and oxygen atoms in total. The quantitative estimate of drug-likeness (QED) is 0.736. The van der Waals surface area contributed by atoms with Gasteiger partial charge in [-0.2, -0.15) is 0 Å². The molecule has 2 aromatic rings. The second-order valence-electron chi connectivity index (χ2n) is 7.76. The summed E-state index contributed by atoms with van der Waals surface area (Å²) in [6.45, 7) is 5.16. The Morgan fingerprint density at radius 2 is 1.79 bits per heavy atom. The molecule has 1 aliphatic rings. The minimum absolute atomic E-state index is 0.111. The van der Waals surface area contributed by atoms with Crippen molar-refractivity contribution in [1.82, 2.24) is 0 Å². The minimum atomic E-state index is -1.26. The van der Waals surface area contributed by atoms with Gasteiger partial charge in [-0.1, -0.05) is 30.3 Å². The number of nitrogens with zero attached hydrogens (tertiary/aromatic N) is 1. The number of hydrogen-bond acceptors (Lipinski definition) is 4. The lowest BCUT2D eigenvalue weighted by Crippen LogP contribution is -2.46. The summed E-state index contributed by atoms with van der Waals surface area (Å²) < 4.78 is 18.9. The Labute approximate surface area is 163 Å². The smallest absolute Gasteiger partial charge is 0.421 e. The highest BCUT2D eigenvalue weighted by Crippen LogP contribution is 2.49. The summed E-state index contributed by atoms with van der Waals surface area (Å²) in [5, 5.41) is 0. The van der Waals surface area contributed by atoms with Crippen LogP contribution in [0.4, 0.5) is 14.9 Å². The van der Waals surface area contributed by atoms with Gasteiger partial charge in [0.05, 0.1) is 5.69 Å². The fraction of sp³-hybridized carbons (Fsp3) is 0.318. The molecule has 0 spiro atoms. The standard InChI is InChI=1S/C22H22FNO4/c1-21(2,3)28-20(27)24-18-8-5-4-7-17(18)22(19(24)26,13-6-14-25)15-9-11-16(23)12-10-15/h4-5,7-12,14H,6,13H2,1-3H3/t22-/m0/s1. The number of halogens is 1. The van der Waals surface area contributed by atoms with Gasteiger partial charge in [0, 0.05) is 6.42 Å². The van der Waals surface area contributed by atoms with Gasteiger partial charge in [-0.05, 0) is 56.5 Å². The van der Waals surface area contributed by atoms with Crippen LogP contribution in [0.15, 0.2) is 48.5 Å². The van der Waals surface area contributed by atoms with Crippen LogP contribution in [0.2, 0.25) is 0 Å². The fourth-order valence-electron chi connectivity index (χ4n) is 3.61. The summed E-state index contributed by atoms with van der Waals surface area (Å²) in [5.74, 6) is -0.937. The van der Waals surface area contributed by atoms with Crippen LogP contribution in [0.5, 0.6) is 0 Å². The van der Waals surface area contributed by atoms with Crippen molar-refractivity contribution in [2.45, 2.75) is 44.6 Å². The van der Waals surface area contributed by atoms with Crippen LogP contribution in [0.1, 0.15) is 44.7 Å². The van der Waals surface area contributed by atoms with Gasteiger partial charge < -0.3 is 9.53 Å². The van der Waals surface area contributed by atoms with E-state index in [4.69, 9.17) is 4.74 Å². The van der Waals surface area contributed by atoms with E-state index in [1.807, 2.05) is 0 Å². The molecule has 1 heterocycles. The molecule has 3 rings (SSSR count). The summed E-state index contributed by atoms with van der Waals surface area (Å²) in [4.78, 5) is 38.6. The molecule has 1 atom stereocenters. The molecule has 1 aliphatic heterocycles. The van der Waals surface area contributed by atoms with Crippen molar-refractivity contribution in [2.75, 3.05) is 4.90 Å². The zero-order valence-electron chi connectivity index (χ0n) is 16.1. The van der Waals surface area contributed by atoms with Gasteiger partial charge in [-0.25, -0.2) is 14.1 Å². The average molecular weight is 383 g/mol. The average Bonchev–Trinajstić information content (AvgIpc) is 2.88. The molecule has 0 fully saturated rings. The lowest BCUT2D eigenvalue weighted by Gasteiger charge is -2.29. The normalized spacial score (nSPS) is 18.7. The molecule has 0 aliphatic carbocycles. The maximum atomic E-state index is 13.6. The zero-order chi connectivity index (χ0) is 20.5. The molecule has 0 aromatic heterocycles. The number of aldehydes is 1. The molecular formula is C22H22FNO4. The SMILES string of the molecule is CC(C)(C)OC(=O)N1C(=O)[C@@](CCC=O)(c2ccc(F)cc2)c2ccccc21. The number of imide groups is 1. The molecule has 0 bridgehead atoms. The predicted octanol–water partition coefficient (Wildman–Crippen LogP) is 4.37. The number of ether oxygens (including phenoxy) is 1. The molecule has 28 heavy (non-hydrogen) atoms. The van der Waals surface area contributed by atoms with Crippen LogP contribution >= 0.6 is 0 Å². The van der Waals surface area contributed by atoms with Gasteiger partial charge in [0.1, 0.15) is 23.1 Å². The number of rotatable bonds is 4. The van der Waals surface area contributed by atoms with E-state index < -0.39 is 28.8 Å². The van der Waals surface area contributed by atoms with Crippen LogP contribution in [-0.2, 0) is 19.7 Å². The number of anilines is 1. The van der Waals surface area contributed by atoms with E-state index >= 15 is 0 Å². The Morgan fingerprint density at radius 3 is 2.39 bits per heavy atom. The van der Waals surface area contributed by atoms with Crippen LogP contribution in [0, 0.1) is 5.82 Å². The summed E-state index contributed by atoms with van der Waals surface area (Å²) in [6.07, 6.45) is 0.230. The predicted molar refractivity (Wildman–Crippen MR) is 103 cm³/mol. The number of amides is 2. The van der Waals surface area contributed by atoms with Crippen LogP contribution < -0.4 is 4.90 Å². The number of para-hydroxylation sites is 1. The van der Waals surface area contributed by atoms with Crippen LogP contribution in [-0.4, -0.2) is 23.9 Å². The highest BCUT2D eigenvalue weighted by molar-refractivity contribution is 6.22. The fourth-order valence-corrected chi connectivity index (χ4v) is 3.61.